The molecule has 98 valence electrons. The summed E-state index contributed by atoms with van der Waals surface area (Å²) in [6, 6.07) is 7.80. The first-order valence-corrected chi connectivity index (χ1v) is 6.78. The number of benzene rings is 1. The summed E-state index contributed by atoms with van der Waals surface area (Å²) in [5, 5.41) is 12.4. The van der Waals surface area contributed by atoms with Crippen molar-refractivity contribution in [2.75, 3.05) is 6.61 Å². The Balaban J connectivity index is 2.07. The Morgan fingerprint density at radius 1 is 1.33 bits per heavy atom. The van der Waals surface area contributed by atoms with Gasteiger partial charge in [-0.25, -0.2) is 0 Å². The number of ether oxygens (including phenoxy) is 1. The molecular weight excluding hydrogens is 226 g/mol. The summed E-state index contributed by atoms with van der Waals surface area (Å²) in [5.41, 5.74) is 1.58. The van der Waals surface area contributed by atoms with Crippen molar-refractivity contribution in [3.8, 4) is 5.75 Å². The van der Waals surface area contributed by atoms with Gasteiger partial charge in [-0.1, -0.05) is 37.1 Å². The topological polar surface area (TPSA) is 41.8 Å². The summed E-state index contributed by atoms with van der Waals surface area (Å²) in [5.74, 6) is 1.52. The molecule has 0 spiro atoms. The number of rotatable bonds is 5. The summed E-state index contributed by atoms with van der Waals surface area (Å²) < 4.78 is 5.91. The average molecular weight is 247 g/mol. The van der Waals surface area contributed by atoms with Crippen molar-refractivity contribution < 1.29 is 9.94 Å². The van der Waals surface area contributed by atoms with Crippen LogP contribution >= 0.6 is 0 Å². The molecule has 0 aromatic heterocycles. The number of hydrogen-bond acceptors (Lipinski definition) is 3. The Morgan fingerprint density at radius 3 is 2.72 bits per heavy atom. The third-order valence-corrected chi connectivity index (χ3v) is 3.60. The highest BCUT2D eigenvalue weighted by atomic mass is 16.5. The Morgan fingerprint density at radius 2 is 2.06 bits per heavy atom. The van der Waals surface area contributed by atoms with Crippen molar-refractivity contribution in [1.82, 2.24) is 0 Å². The molecule has 0 bridgehead atoms. The fourth-order valence-corrected chi connectivity index (χ4v) is 2.53. The van der Waals surface area contributed by atoms with E-state index in [0.717, 1.165) is 17.9 Å². The summed E-state index contributed by atoms with van der Waals surface area (Å²) in [7, 11) is 0. The van der Waals surface area contributed by atoms with Crippen molar-refractivity contribution in [1.29, 1.82) is 0 Å². The number of oxime groups is 1. The maximum Gasteiger partial charge on any atom is 0.128 e. The second-order valence-electron chi connectivity index (χ2n) is 4.86. The van der Waals surface area contributed by atoms with E-state index < -0.39 is 0 Å². The van der Waals surface area contributed by atoms with Crippen molar-refractivity contribution in [3.63, 3.8) is 0 Å². The summed E-state index contributed by atoms with van der Waals surface area (Å²) in [6.07, 6.45) is 5.90. The van der Waals surface area contributed by atoms with Gasteiger partial charge in [0.25, 0.3) is 0 Å². The van der Waals surface area contributed by atoms with Crippen molar-refractivity contribution in [2.24, 2.45) is 11.1 Å². The van der Waals surface area contributed by atoms with Crippen LogP contribution in [0.5, 0.6) is 5.75 Å². The van der Waals surface area contributed by atoms with Crippen LogP contribution in [0.1, 0.15) is 44.6 Å². The molecule has 3 heteroatoms. The summed E-state index contributed by atoms with van der Waals surface area (Å²) in [4.78, 5) is 0. The first-order valence-electron chi connectivity index (χ1n) is 6.78. The second kappa shape index (κ2) is 6.43. The third kappa shape index (κ3) is 3.03. The number of nitrogens with zero attached hydrogens (tertiary/aromatic N) is 1. The monoisotopic (exact) mass is 247 g/mol. The predicted molar refractivity (Wildman–Crippen MR) is 72.5 cm³/mol. The van der Waals surface area contributed by atoms with Gasteiger partial charge < -0.3 is 9.94 Å². The summed E-state index contributed by atoms with van der Waals surface area (Å²) in [6.45, 7) is 2.75. The molecule has 0 saturated heterocycles. The number of hydrogen-bond donors (Lipinski definition) is 1. The van der Waals surface area contributed by atoms with Gasteiger partial charge in [0.2, 0.25) is 0 Å². The van der Waals surface area contributed by atoms with Gasteiger partial charge in [-0.3, -0.25) is 0 Å². The van der Waals surface area contributed by atoms with E-state index >= 15 is 0 Å². The van der Waals surface area contributed by atoms with Crippen LogP contribution in [-0.2, 0) is 0 Å². The molecule has 0 amide bonds. The quantitative estimate of drug-likeness (QED) is 0.488. The van der Waals surface area contributed by atoms with E-state index in [1.54, 1.807) is 0 Å². The van der Waals surface area contributed by atoms with Gasteiger partial charge in [0.05, 0.1) is 12.3 Å². The fourth-order valence-electron chi connectivity index (χ4n) is 2.53. The second-order valence-corrected chi connectivity index (χ2v) is 4.86. The van der Waals surface area contributed by atoms with Gasteiger partial charge in [-0.05, 0) is 37.3 Å². The zero-order chi connectivity index (χ0) is 12.8. The minimum absolute atomic E-state index is 0.678. The molecule has 0 radical (unpaired) electrons. The molecule has 1 saturated carbocycles. The maximum atomic E-state index is 9.02. The highest BCUT2D eigenvalue weighted by Crippen LogP contribution is 2.27. The molecule has 1 aromatic carbocycles. The van der Waals surface area contributed by atoms with Crippen molar-refractivity contribution in [3.05, 3.63) is 29.8 Å². The van der Waals surface area contributed by atoms with Crippen LogP contribution in [0.2, 0.25) is 0 Å². The van der Waals surface area contributed by atoms with E-state index in [1.807, 2.05) is 31.2 Å². The minimum atomic E-state index is 0.678. The molecule has 1 fully saturated rings. The third-order valence-electron chi connectivity index (χ3n) is 3.60. The zero-order valence-corrected chi connectivity index (χ0v) is 10.9. The molecule has 1 aromatic rings. The molecule has 2 rings (SSSR count). The standard InChI is InChI=1S/C15H21NO2/c1-2-14(16-17)13-9-5-6-10-15(13)18-11-12-7-3-4-8-12/h5-6,9-10,12,17H,2-4,7-8,11H2,1H3. The highest BCUT2D eigenvalue weighted by Gasteiger charge is 2.17. The van der Waals surface area contributed by atoms with Crippen LogP contribution in [0.15, 0.2) is 29.4 Å². The Kier molecular flexibility index (Phi) is 4.62. The minimum Gasteiger partial charge on any atom is -0.493 e. The largest absolute Gasteiger partial charge is 0.493 e. The van der Waals surface area contributed by atoms with Crippen LogP contribution in [0.3, 0.4) is 0 Å². The Bertz CT molecular complexity index is 409. The van der Waals surface area contributed by atoms with E-state index in [1.165, 1.54) is 25.7 Å². The molecule has 18 heavy (non-hydrogen) atoms. The molecule has 0 unspecified atom stereocenters. The fraction of sp³-hybridized carbons (Fsp3) is 0.533. The molecule has 1 aliphatic carbocycles. The zero-order valence-electron chi connectivity index (χ0n) is 10.9. The van der Waals surface area contributed by atoms with Crippen LogP contribution < -0.4 is 4.74 Å². The number of para-hydroxylation sites is 1. The predicted octanol–water partition coefficient (Wildman–Crippen LogP) is 3.84. The normalized spacial score (nSPS) is 17.1. The molecular formula is C15H21NO2. The van der Waals surface area contributed by atoms with Gasteiger partial charge in [-0.15, -0.1) is 0 Å². The highest BCUT2D eigenvalue weighted by molar-refractivity contribution is 6.02. The lowest BCUT2D eigenvalue weighted by Crippen LogP contribution is -2.11. The Hall–Kier alpha value is -1.51. The average Bonchev–Trinajstić information content (AvgIpc) is 2.92. The van der Waals surface area contributed by atoms with Gasteiger partial charge >= 0.3 is 0 Å². The van der Waals surface area contributed by atoms with Crippen LogP contribution in [0.4, 0.5) is 0 Å². The van der Waals surface area contributed by atoms with Crippen LogP contribution in [-0.4, -0.2) is 17.5 Å². The van der Waals surface area contributed by atoms with Gasteiger partial charge in [0, 0.05) is 5.56 Å². The molecule has 1 N–H and O–H groups in total. The maximum absolute atomic E-state index is 9.02. The van der Waals surface area contributed by atoms with Gasteiger partial charge in [0.15, 0.2) is 0 Å². The van der Waals surface area contributed by atoms with E-state index in [4.69, 9.17) is 9.94 Å². The van der Waals surface area contributed by atoms with E-state index in [-0.39, 0.29) is 0 Å². The molecule has 3 nitrogen and oxygen atoms in total. The van der Waals surface area contributed by atoms with Gasteiger partial charge in [0.1, 0.15) is 5.75 Å². The van der Waals surface area contributed by atoms with Crippen molar-refractivity contribution >= 4 is 5.71 Å². The lowest BCUT2D eigenvalue weighted by atomic mass is 10.1. The molecule has 1 aliphatic rings. The lowest BCUT2D eigenvalue weighted by Gasteiger charge is -2.14. The first kappa shape index (κ1) is 12.9. The van der Waals surface area contributed by atoms with E-state index in [2.05, 4.69) is 5.16 Å². The van der Waals surface area contributed by atoms with Crippen LogP contribution in [0, 0.1) is 5.92 Å². The lowest BCUT2D eigenvalue weighted by molar-refractivity contribution is 0.251. The first-order chi connectivity index (χ1) is 8.85. The van der Waals surface area contributed by atoms with Crippen LogP contribution in [0.25, 0.3) is 0 Å². The smallest absolute Gasteiger partial charge is 0.128 e. The Labute approximate surface area is 108 Å². The summed E-state index contributed by atoms with van der Waals surface area (Å²) >= 11 is 0. The van der Waals surface area contributed by atoms with E-state index in [0.29, 0.717) is 18.1 Å². The molecule has 0 heterocycles. The van der Waals surface area contributed by atoms with Crippen molar-refractivity contribution in [2.45, 2.75) is 39.0 Å². The van der Waals surface area contributed by atoms with Gasteiger partial charge in [-0.2, -0.15) is 0 Å². The molecule has 0 aliphatic heterocycles. The molecule has 0 atom stereocenters. The SMILES string of the molecule is CCC(=NO)c1ccccc1OCC1CCCC1. The van der Waals surface area contributed by atoms with E-state index in [9.17, 15) is 0 Å².